The number of hydrogen-bond acceptors (Lipinski definition) is 3. The molecule has 0 atom stereocenters. The molecule has 0 fully saturated rings. The first-order valence-corrected chi connectivity index (χ1v) is 7.92. The molecule has 25 heavy (non-hydrogen) atoms. The summed E-state index contributed by atoms with van der Waals surface area (Å²) in [4.78, 5) is 13.7. The quantitative estimate of drug-likeness (QED) is 0.531. The minimum absolute atomic E-state index is 0.319. The molecule has 0 bridgehead atoms. The molecule has 4 rings (SSSR count). The first kappa shape index (κ1) is 15.1. The van der Waals surface area contributed by atoms with Crippen LogP contribution in [-0.4, -0.2) is 15.0 Å². The van der Waals surface area contributed by atoms with Crippen LogP contribution >= 0.6 is 0 Å². The average molecular weight is 327 g/mol. The predicted octanol–water partition coefficient (Wildman–Crippen LogP) is 5.01. The Labute approximate surface area is 144 Å². The van der Waals surface area contributed by atoms with Crippen LogP contribution in [0.5, 0.6) is 0 Å². The van der Waals surface area contributed by atoms with Crippen molar-refractivity contribution in [1.82, 2.24) is 15.0 Å². The first-order valence-electron chi connectivity index (χ1n) is 7.92. The van der Waals surface area contributed by atoms with Gasteiger partial charge in [0.2, 0.25) is 0 Å². The standard InChI is InChI=1S/C21H14FN3/c22-18-13-7-12-17(14-18)21-24-19(15-8-3-1-4-9-15)23-20(25-21)16-10-5-2-6-11-16/h1-14H. The number of halogens is 1. The fraction of sp³-hybridized carbons (Fsp3) is 0. The Hall–Kier alpha value is -3.40. The van der Waals surface area contributed by atoms with Crippen molar-refractivity contribution >= 4 is 0 Å². The van der Waals surface area contributed by atoms with E-state index in [0.29, 0.717) is 23.0 Å². The fourth-order valence-corrected chi connectivity index (χ4v) is 2.57. The highest BCUT2D eigenvalue weighted by Crippen LogP contribution is 2.24. The van der Waals surface area contributed by atoms with Crippen LogP contribution in [0.3, 0.4) is 0 Å². The number of benzene rings is 3. The molecule has 0 N–H and O–H groups in total. The monoisotopic (exact) mass is 327 g/mol. The molecular formula is C21H14FN3. The van der Waals surface area contributed by atoms with E-state index in [0.717, 1.165) is 11.1 Å². The lowest BCUT2D eigenvalue weighted by molar-refractivity contribution is 0.628. The second-order valence-electron chi connectivity index (χ2n) is 5.55. The molecule has 0 spiro atoms. The molecule has 0 saturated heterocycles. The molecule has 0 radical (unpaired) electrons. The molecule has 1 heterocycles. The minimum Gasteiger partial charge on any atom is -0.208 e. The van der Waals surface area contributed by atoms with Gasteiger partial charge in [0.05, 0.1) is 0 Å². The molecule has 0 aliphatic heterocycles. The van der Waals surface area contributed by atoms with Crippen LogP contribution in [0.1, 0.15) is 0 Å². The molecule has 0 amide bonds. The number of aromatic nitrogens is 3. The summed E-state index contributed by atoms with van der Waals surface area (Å²) >= 11 is 0. The third-order valence-corrected chi connectivity index (χ3v) is 3.78. The molecule has 1 aromatic heterocycles. The summed E-state index contributed by atoms with van der Waals surface area (Å²) in [5, 5.41) is 0. The van der Waals surface area contributed by atoms with Crippen molar-refractivity contribution in [2.45, 2.75) is 0 Å². The Morgan fingerprint density at radius 1 is 0.480 bits per heavy atom. The van der Waals surface area contributed by atoms with E-state index in [1.807, 2.05) is 60.7 Å². The second kappa shape index (κ2) is 6.61. The lowest BCUT2D eigenvalue weighted by Gasteiger charge is -2.08. The third kappa shape index (κ3) is 3.28. The molecule has 0 saturated carbocycles. The molecule has 3 nitrogen and oxygen atoms in total. The van der Waals surface area contributed by atoms with Gasteiger partial charge in [0.1, 0.15) is 5.82 Å². The Morgan fingerprint density at radius 2 is 0.920 bits per heavy atom. The second-order valence-corrected chi connectivity index (χ2v) is 5.55. The van der Waals surface area contributed by atoms with Crippen molar-refractivity contribution in [3.05, 3.63) is 90.7 Å². The zero-order chi connectivity index (χ0) is 17.1. The Bertz CT molecular complexity index is 944. The van der Waals surface area contributed by atoms with Crippen molar-refractivity contribution in [3.8, 4) is 34.2 Å². The topological polar surface area (TPSA) is 38.7 Å². The van der Waals surface area contributed by atoms with E-state index < -0.39 is 0 Å². The van der Waals surface area contributed by atoms with Gasteiger partial charge in [0.25, 0.3) is 0 Å². The maximum atomic E-state index is 13.6. The highest BCUT2D eigenvalue weighted by molar-refractivity contribution is 5.66. The van der Waals surface area contributed by atoms with E-state index in [1.54, 1.807) is 12.1 Å². The summed E-state index contributed by atoms with van der Waals surface area (Å²) in [6.45, 7) is 0. The van der Waals surface area contributed by atoms with Gasteiger partial charge in [-0.3, -0.25) is 0 Å². The number of nitrogens with zero attached hydrogens (tertiary/aromatic N) is 3. The largest absolute Gasteiger partial charge is 0.208 e. The van der Waals surface area contributed by atoms with Gasteiger partial charge in [-0.1, -0.05) is 72.8 Å². The summed E-state index contributed by atoms with van der Waals surface area (Å²) < 4.78 is 13.6. The van der Waals surface area contributed by atoms with Gasteiger partial charge >= 0.3 is 0 Å². The van der Waals surface area contributed by atoms with Crippen LogP contribution in [0.2, 0.25) is 0 Å². The normalized spacial score (nSPS) is 10.6. The van der Waals surface area contributed by atoms with E-state index in [-0.39, 0.29) is 5.82 Å². The molecule has 4 aromatic rings. The SMILES string of the molecule is Fc1cccc(-c2nc(-c3ccccc3)nc(-c3ccccc3)n2)c1. The highest BCUT2D eigenvalue weighted by Gasteiger charge is 2.12. The van der Waals surface area contributed by atoms with Crippen molar-refractivity contribution in [2.24, 2.45) is 0 Å². The van der Waals surface area contributed by atoms with Crippen molar-refractivity contribution in [3.63, 3.8) is 0 Å². The molecule has 4 heteroatoms. The van der Waals surface area contributed by atoms with Crippen molar-refractivity contribution < 1.29 is 4.39 Å². The zero-order valence-corrected chi connectivity index (χ0v) is 13.3. The van der Waals surface area contributed by atoms with Gasteiger partial charge < -0.3 is 0 Å². The summed E-state index contributed by atoms with van der Waals surface area (Å²) in [7, 11) is 0. The zero-order valence-electron chi connectivity index (χ0n) is 13.3. The van der Waals surface area contributed by atoms with Crippen LogP contribution in [0.4, 0.5) is 4.39 Å². The fourth-order valence-electron chi connectivity index (χ4n) is 2.57. The summed E-state index contributed by atoms with van der Waals surface area (Å²) in [6.07, 6.45) is 0. The predicted molar refractivity (Wildman–Crippen MR) is 96.1 cm³/mol. The third-order valence-electron chi connectivity index (χ3n) is 3.78. The molecule has 3 aromatic carbocycles. The Morgan fingerprint density at radius 3 is 1.40 bits per heavy atom. The summed E-state index contributed by atoms with van der Waals surface area (Å²) in [5.41, 5.74) is 2.40. The number of rotatable bonds is 3. The average Bonchev–Trinajstić information content (AvgIpc) is 2.69. The van der Waals surface area contributed by atoms with Crippen molar-refractivity contribution in [1.29, 1.82) is 0 Å². The van der Waals surface area contributed by atoms with Gasteiger partial charge in [0, 0.05) is 16.7 Å². The van der Waals surface area contributed by atoms with Gasteiger partial charge in [0.15, 0.2) is 17.5 Å². The van der Waals surface area contributed by atoms with Crippen molar-refractivity contribution in [2.75, 3.05) is 0 Å². The van der Waals surface area contributed by atoms with Gasteiger partial charge in [-0.05, 0) is 12.1 Å². The Kier molecular flexibility index (Phi) is 4.01. The number of hydrogen-bond donors (Lipinski definition) is 0. The van der Waals surface area contributed by atoms with Gasteiger partial charge in [-0.2, -0.15) is 0 Å². The van der Waals surface area contributed by atoms with Gasteiger partial charge in [-0.15, -0.1) is 0 Å². The highest BCUT2D eigenvalue weighted by atomic mass is 19.1. The van der Waals surface area contributed by atoms with Crippen LogP contribution in [0.15, 0.2) is 84.9 Å². The van der Waals surface area contributed by atoms with E-state index in [4.69, 9.17) is 0 Å². The van der Waals surface area contributed by atoms with Gasteiger partial charge in [-0.25, -0.2) is 19.3 Å². The van der Waals surface area contributed by atoms with E-state index in [2.05, 4.69) is 15.0 Å². The molecule has 120 valence electrons. The van der Waals surface area contributed by atoms with E-state index in [9.17, 15) is 4.39 Å². The lowest BCUT2D eigenvalue weighted by atomic mass is 10.1. The van der Waals surface area contributed by atoms with Crippen LogP contribution in [-0.2, 0) is 0 Å². The first-order chi connectivity index (χ1) is 12.3. The minimum atomic E-state index is -0.319. The summed E-state index contributed by atoms with van der Waals surface area (Å²) in [6, 6.07) is 25.7. The maximum absolute atomic E-state index is 13.6. The van der Waals surface area contributed by atoms with E-state index in [1.165, 1.54) is 12.1 Å². The van der Waals surface area contributed by atoms with Crippen LogP contribution in [0, 0.1) is 5.82 Å². The summed E-state index contributed by atoms with van der Waals surface area (Å²) in [5.74, 6) is 1.26. The van der Waals surface area contributed by atoms with Crippen LogP contribution in [0.25, 0.3) is 34.2 Å². The molecule has 0 unspecified atom stereocenters. The maximum Gasteiger partial charge on any atom is 0.164 e. The van der Waals surface area contributed by atoms with Crippen LogP contribution < -0.4 is 0 Å². The molecule has 0 aliphatic rings. The van der Waals surface area contributed by atoms with E-state index >= 15 is 0 Å². The molecule has 0 aliphatic carbocycles. The smallest absolute Gasteiger partial charge is 0.164 e. The molecular weight excluding hydrogens is 313 g/mol. The Balaban J connectivity index is 1.92. The lowest BCUT2D eigenvalue weighted by Crippen LogP contribution is -2.00.